The molecule has 2 aromatic carbocycles. The highest BCUT2D eigenvalue weighted by atomic mass is 16.5. The Morgan fingerprint density at radius 2 is 1.64 bits per heavy atom. The number of nitrogens with zero attached hydrogens (tertiary/aromatic N) is 2. The highest BCUT2D eigenvalue weighted by Crippen LogP contribution is 2.36. The standard InChI is InChI=1S/C20H25N3O2/c1-24-19-10-6-9-17(20(19)25-2)18(15-21)23-13-11-22(12-14-23)16-7-4-3-5-8-16/h3-10,15,18,21H,11-14H2,1-2H3. The molecule has 1 aliphatic rings. The lowest BCUT2D eigenvalue weighted by atomic mass is 10.0. The van der Waals surface area contributed by atoms with Gasteiger partial charge < -0.3 is 19.8 Å². The lowest BCUT2D eigenvalue weighted by Crippen LogP contribution is -2.48. The fourth-order valence-electron chi connectivity index (χ4n) is 3.43. The number of piperazine rings is 1. The molecule has 0 spiro atoms. The highest BCUT2D eigenvalue weighted by Gasteiger charge is 2.27. The number of nitrogens with one attached hydrogen (secondary N) is 1. The topological polar surface area (TPSA) is 48.8 Å². The van der Waals surface area contributed by atoms with E-state index in [1.807, 2.05) is 24.3 Å². The van der Waals surface area contributed by atoms with E-state index in [1.165, 1.54) is 11.9 Å². The third kappa shape index (κ3) is 3.61. The SMILES string of the molecule is COc1cccc(C(C=N)N2CCN(c3ccccc3)CC2)c1OC. The van der Waals surface area contributed by atoms with E-state index >= 15 is 0 Å². The second-order valence-corrected chi connectivity index (χ2v) is 6.05. The van der Waals surface area contributed by atoms with Crippen LogP contribution in [0, 0.1) is 5.41 Å². The van der Waals surface area contributed by atoms with Crippen molar-refractivity contribution in [3.05, 3.63) is 54.1 Å². The van der Waals surface area contributed by atoms with Crippen LogP contribution in [-0.4, -0.2) is 51.5 Å². The summed E-state index contributed by atoms with van der Waals surface area (Å²) in [7, 11) is 3.29. The van der Waals surface area contributed by atoms with E-state index in [1.54, 1.807) is 14.2 Å². The fraction of sp³-hybridized carbons (Fsp3) is 0.350. The Hall–Kier alpha value is -2.53. The third-order valence-corrected chi connectivity index (χ3v) is 4.74. The van der Waals surface area contributed by atoms with Gasteiger partial charge in [0.25, 0.3) is 0 Å². The first kappa shape index (κ1) is 17.3. The molecule has 1 fully saturated rings. The van der Waals surface area contributed by atoms with E-state index in [4.69, 9.17) is 14.9 Å². The maximum atomic E-state index is 7.97. The largest absolute Gasteiger partial charge is 0.493 e. The minimum absolute atomic E-state index is 0.108. The van der Waals surface area contributed by atoms with Gasteiger partial charge >= 0.3 is 0 Å². The molecule has 1 N–H and O–H groups in total. The van der Waals surface area contributed by atoms with E-state index in [2.05, 4.69) is 34.1 Å². The van der Waals surface area contributed by atoms with Gasteiger partial charge in [0, 0.05) is 43.6 Å². The molecular formula is C20H25N3O2. The summed E-state index contributed by atoms with van der Waals surface area (Å²) < 4.78 is 11.0. The summed E-state index contributed by atoms with van der Waals surface area (Å²) in [5.74, 6) is 1.42. The monoisotopic (exact) mass is 339 g/mol. The first-order valence-electron chi connectivity index (χ1n) is 8.54. The summed E-state index contributed by atoms with van der Waals surface area (Å²) >= 11 is 0. The Labute approximate surface area is 149 Å². The molecule has 1 aliphatic heterocycles. The minimum Gasteiger partial charge on any atom is -0.493 e. The van der Waals surface area contributed by atoms with Crippen molar-refractivity contribution in [2.24, 2.45) is 0 Å². The normalized spacial score (nSPS) is 16.3. The van der Waals surface area contributed by atoms with Crippen molar-refractivity contribution in [2.75, 3.05) is 45.3 Å². The molecule has 0 aromatic heterocycles. The van der Waals surface area contributed by atoms with Crippen molar-refractivity contribution in [3.8, 4) is 11.5 Å². The number of methoxy groups -OCH3 is 2. The van der Waals surface area contributed by atoms with E-state index in [9.17, 15) is 0 Å². The van der Waals surface area contributed by atoms with Gasteiger partial charge in [-0.2, -0.15) is 0 Å². The summed E-state index contributed by atoms with van der Waals surface area (Å²) in [6.07, 6.45) is 1.50. The maximum Gasteiger partial charge on any atom is 0.165 e. The molecule has 1 saturated heterocycles. The molecule has 5 nitrogen and oxygen atoms in total. The first-order valence-corrected chi connectivity index (χ1v) is 8.54. The van der Waals surface area contributed by atoms with Gasteiger partial charge in [0.1, 0.15) is 0 Å². The molecule has 0 amide bonds. The van der Waals surface area contributed by atoms with Gasteiger partial charge in [0.2, 0.25) is 0 Å². The number of ether oxygens (including phenoxy) is 2. The molecule has 5 heteroatoms. The van der Waals surface area contributed by atoms with E-state index in [0.717, 1.165) is 31.7 Å². The predicted molar refractivity (Wildman–Crippen MR) is 101 cm³/mol. The lowest BCUT2D eigenvalue weighted by Gasteiger charge is -2.39. The van der Waals surface area contributed by atoms with Crippen LogP contribution in [0.4, 0.5) is 5.69 Å². The van der Waals surface area contributed by atoms with Crippen LogP contribution in [0.5, 0.6) is 11.5 Å². The van der Waals surface area contributed by atoms with Gasteiger partial charge in [-0.1, -0.05) is 30.3 Å². The Morgan fingerprint density at radius 1 is 0.920 bits per heavy atom. The molecule has 0 aliphatic carbocycles. The Bertz CT molecular complexity index is 697. The Balaban J connectivity index is 1.76. The molecular weight excluding hydrogens is 314 g/mol. The molecule has 1 atom stereocenters. The van der Waals surface area contributed by atoms with Crippen LogP contribution in [0.2, 0.25) is 0 Å². The molecule has 0 radical (unpaired) electrons. The van der Waals surface area contributed by atoms with Crippen molar-refractivity contribution < 1.29 is 9.47 Å². The zero-order valence-electron chi connectivity index (χ0n) is 14.8. The summed E-state index contributed by atoms with van der Waals surface area (Å²) in [4.78, 5) is 4.71. The molecule has 132 valence electrons. The molecule has 2 aromatic rings. The molecule has 1 heterocycles. The van der Waals surface area contributed by atoms with Gasteiger partial charge in [0.15, 0.2) is 11.5 Å². The van der Waals surface area contributed by atoms with Crippen LogP contribution in [0.15, 0.2) is 48.5 Å². The van der Waals surface area contributed by atoms with E-state index in [0.29, 0.717) is 11.5 Å². The summed E-state index contributed by atoms with van der Waals surface area (Å²) in [5.41, 5.74) is 2.23. The van der Waals surface area contributed by atoms with Gasteiger partial charge in [-0.3, -0.25) is 4.90 Å². The smallest absolute Gasteiger partial charge is 0.165 e. The fourth-order valence-corrected chi connectivity index (χ4v) is 3.43. The highest BCUT2D eigenvalue weighted by molar-refractivity contribution is 5.68. The zero-order valence-corrected chi connectivity index (χ0v) is 14.8. The van der Waals surface area contributed by atoms with Crippen LogP contribution >= 0.6 is 0 Å². The van der Waals surface area contributed by atoms with Crippen LogP contribution in [0.25, 0.3) is 0 Å². The first-order chi connectivity index (χ1) is 12.3. The number of hydrogen-bond donors (Lipinski definition) is 1. The predicted octanol–water partition coefficient (Wildman–Crippen LogP) is 3.22. The minimum atomic E-state index is -0.108. The summed E-state index contributed by atoms with van der Waals surface area (Å²) in [5, 5.41) is 7.97. The zero-order chi connectivity index (χ0) is 17.6. The average molecular weight is 339 g/mol. The Kier molecular flexibility index (Phi) is 5.56. The van der Waals surface area contributed by atoms with Gasteiger partial charge in [-0.05, 0) is 18.2 Å². The maximum absolute atomic E-state index is 7.97. The molecule has 0 bridgehead atoms. The van der Waals surface area contributed by atoms with E-state index in [-0.39, 0.29) is 6.04 Å². The second-order valence-electron chi connectivity index (χ2n) is 6.05. The quantitative estimate of drug-likeness (QED) is 0.821. The van der Waals surface area contributed by atoms with Crippen LogP contribution in [0.1, 0.15) is 11.6 Å². The molecule has 3 rings (SSSR count). The summed E-state index contributed by atoms with van der Waals surface area (Å²) in [6, 6.07) is 16.2. The van der Waals surface area contributed by atoms with Crippen LogP contribution in [-0.2, 0) is 0 Å². The van der Waals surface area contributed by atoms with Gasteiger partial charge in [-0.15, -0.1) is 0 Å². The van der Waals surface area contributed by atoms with Crippen molar-refractivity contribution >= 4 is 11.9 Å². The average Bonchev–Trinajstić information content (AvgIpc) is 2.69. The number of benzene rings is 2. The van der Waals surface area contributed by atoms with E-state index < -0.39 is 0 Å². The lowest BCUT2D eigenvalue weighted by molar-refractivity contribution is 0.227. The molecule has 25 heavy (non-hydrogen) atoms. The summed E-state index contributed by atoms with van der Waals surface area (Å²) in [6.45, 7) is 3.69. The van der Waals surface area contributed by atoms with Crippen molar-refractivity contribution in [2.45, 2.75) is 6.04 Å². The van der Waals surface area contributed by atoms with Gasteiger partial charge in [0.05, 0.1) is 20.3 Å². The van der Waals surface area contributed by atoms with Gasteiger partial charge in [-0.25, -0.2) is 0 Å². The number of rotatable bonds is 6. The number of para-hydroxylation sites is 2. The molecule has 1 unspecified atom stereocenters. The third-order valence-electron chi connectivity index (χ3n) is 4.74. The second kappa shape index (κ2) is 8.03. The number of hydrogen-bond acceptors (Lipinski definition) is 5. The van der Waals surface area contributed by atoms with Crippen molar-refractivity contribution in [1.82, 2.24) is 4.90 Å². The molecule has 0 saturated carbocycles. The van der Waals surface area contributed by atoms with Crippen LogP contribution < -0.4 is 14.4 Å². The Morgan fingerprint density at radius 3 is 2.24 bits per heavy atom. The number of anilines is 1. The van der Waals surface area contributed by atoms with Crippen LogP contribution in [0.3, 0.4) is 0 Å². The van der Waals surface area contributed by atoms with Crippen molar-refractivity contribution in [1.29, 1.82) is 5.41 Å². The van der Waals surface area contributed by atoms with Crippen molar-refractivity contribution in [3.63, 3.8) is 0 Å².